The predicted molar refractivity (Wildman–Crippen MR) is 74.6 cm³/mol. The van der Waals surface area contributed by atoms with Crippen molar-refractivity contribution in [2.45, 2.75) is 37.6 Å². The van der Waals surface area contributed by atoms with Crippen LogP contribution in [0.25, 0.3) is 0 Å². The van der Waals surface area contributed by atoms with Crippen LogP contribution in [0, 0.1) is 0 Å². The Bertz CT molecular complexity index is 398. The molecule has 0 amide bonds. The van der Waals surface area contributed by atoms with Crippen LogP contribution >= 0.6 is 0 Å². The number of aliphatic hydroxyl groups excluding tert-OH is 6. The Labute approximate surface area is 123 Å². The van der Waals surface area contributed by atoms with E-state index in [-0.39, 0.29) is 19.3 Å². The molecule has 1 aromatic heterocycles. The molecule has 0 saturated carbocycles. The van der Waals surface area contributed by atoms with Crippen LogP contribution in [0.2, 0.25) is 0 Å². The lowest BCUT2D eigenvalue weighted by molar-refractivity contribution is 0.0886. The van der Waals surface area contributed by atoms with Gasteiger partial charge in [-0.15, -0.1) is 0 Å². The quantitative estimate of drug-likeness (QED) is 0.304. The predicted octanol–water partition coefficient (Wildman–Crippen LogP) is -2.23. The van der Waals surface area contributed by atoms with Gasteiger partial charge in [0.15, 0.2) is 0 Å². The van der Waals surface area contributed by atoms with E-state index in [1.807, 2.05) is 0 Å². The molecule has 0 saturated heterocycles. The first-order valence-electron chi connectivity index (χ1n) is 6.83. The van der Waals surface area contributed by atoms with Gasteiger partial charge in [-0.3, -0.25) is 4.98 Å². The number of pyridine rings is 1. The fourth-order valence-corrected chi connectivity index (χ4v) is 2.13. The lowest BCUT2D eigenvalue weighted by Crippen LogP contribution is -2.23. The molecule has 0 fully saturated rings. The van der Waals surface area contributed by atoms with Crippen LogP contribution in [0.3, 0.4) is 0 Å². The summed E-state index contributed by atoms with van der Waals surface area (Å²) < 4.78 is 0. The zero-order valence-corrected chi connectivity index (χ0v) is 11.8. The normalized spacial score (nSPS) is 15.7. The minimum absolute atomic E-state index is 0.139. The second-order valence-corrected chi connectivity index (χ2v) is 5.06. The lowest BCUT2D eigenvalue weighted by Gasteiger charge is -2.19. The monoisotopic (exact) mass is 301 g/mol. The van der Waals surface area contributed by atoms with Crippen LogP contribution in [0.4, 0.5) is 0 Å². The van der Waals surface area contributed by atoms with Crippen molar-refractivity contribution in [2.24, 2.45) is 0 Å². The van der Waals surface area contributed by atoms with Crippen LogP contribution in [0.1, 0.15) is 16.7 Å². The van der Waals surface area contributed by atoms with Crippen molar-refractivity contribution in [1.29, 1.82) is 0 Å². The molecule has 0 aromatic carbocycles. The molecule has 0 aliphatic heterocycles. The third kappa shape index (κ3) is 5.66. The fourth-order valence-electron chi connectivity index (χ4n) is 2.13. The second-order valence-electron chi connectivity index (χ2n) is 5.06. The number of hydrogen-bond acceptors (Lipinski definition) is 7. The molecule has 1 rings (SSSR count). The summed E-state index contributed by atoms with van der Waals surface area (Å²) in [6.45, 7) is -1.21. The SMILES string of the molecule is OCC(O)Cc1cncc(CC(O)CO)c1CC(O)CO. The first-order chi connectivity index (χ1) is 10.0. The first kappa shape index (κ1) is 18.0. The Hall–Kier alpha value is -1.09. The molecule has 3 unspecified atom stereocenters. The second kappa shape index (κ2) is 9.04. The maximum atomic E-state index is 9.65. The van der Waals surface area contributed by atoms with Gasteiger partial charge >= 0.3 is 0 Å². The smallest absolute Gasteiger partial charge is 0.0811 e. The van der Waals surface area contributed by atoms with Gasteiger partial charge in [-0.2, -0.15) is 0 Å². The highest BCUT2D eigenvalue weighted by Crippen LogP contribution is 2.19. The molecule has 1 heterocycles. The molecule has 0 radical (unpaired) electrons. The van der Waals surface area contributed by atoms with Gasteiger partial charge in [0, 0.05) is 31.7 Å². The van der Waals surface area contributed by atoms with E-state index in [1.165, 1.54) is 12.4 Å². The highest BCUT2D eigenvalue weighted by atomic mass is 16.3. The summed E-state index contributed by atoms with van der Waals surface area (Å²) in [5.74, 6) is 0. The Kier molecular flexibility index (Phi) is 7.73. The third-order valence-electron chi connectivity index (χ3n) is 3.22. The summed E-state index contributed by atoms with van der Waals surface area (Å²) in [4.78, 5) is 4.02. The van der Waals surface area contributed by atoms with Crippen LogP contribution in [-0.2, 0) is 19.3 Å². The van der Waals surface area contributed by atoms with Gasteiger partial charge < -0.3 is 30.6 Å². The Morgan fingerprint density at radius 1 is 0.714 bits per heavy atom. The number of aromatic nitrogens is 1. The summed E-state index contributed by atoms with van der Waals surface area (Å²) in [5.41, 5.74) is 1.92. The van der Waals surface area contributed by atoms with E-state index in [0.29, 0.717) is 16.7 Å². The summed E-state index contributed by atoms with van der Waals surface area (Å²) >= 11 is 0. The molecular formula is C14H23NO6. The molecule has 21 heavy (non-hydrogen) atoms. The van der Waals surface area contributed by atoms with Crippen LogP contribution in [0.5, 0.6) is 0 Å². The van der Waals surface area contributed by atoms with E-state index in [4.69, 9.17) is 15.3 Å². The average molecular weight is 301 g/mol. The van der Waals surface area contributed by atoms with Crippen molar-refractivity contribution < 1.29 is 30.6 Å². The van der Waals surface area contributed by atoms with Crippen molar-refractivity contribution in [3.05, 3.63) is 29.1 Å². The van der Waals surface area contributed by atoms with E-state index in [9.17, 15) is 15.3 Å². The maximum Gasteiger partial charge on any atom is 0.0811 e. The average Bonchev–Trinajstić information content (AvgIpc) is 2.49. The zero-order chi connectivity index (χ0) is 15.8. The molecule has 6 N–H and O–H groups in total. The van der Waals surface area contributed by atoms with Crippen molar-refractivity contribution >= 4 is 0 Å². The lowest BCUT2D eigenvalue weighted by atomic mass is 9.93. The van der Waals surface area contributed by atoms with E-state index in [0.717, 1.165) is 0 Å². The van der Waals surface area contributed by atoms with Gasteiger partial charge in [0.1, 0.15) is 0 Å². The van der Waals surface area contributed by atoms with Crippen LogP contribution in [-0.4, -0.2) is 73.8 Å². The van der Waals surface area contributed by atoms with E-state index < -0.39 is 38.1 Å². The molecule has 3 atom stereocenters. The zero-order valence-electron chi connectivity index (χ0n) is 11.8. The van der Waals surface area contributed by atoms with Crippen molar-refractivity contribution in [3.8, 4) is 0 Å². The van der Waals surface area contributed by atoms with Gasteiger partial charge in [0.25, 0.3) is 0 Å². The summed E-state index contributed by atoms with van der Waals surface area (Å²) in [6, 6.07) is 0. The fraction of sp³-hybridized carbons (Fsp3) is 0.643. The van der Waals surface area contributed by atoms with Gasteiger partial charge in [0.05, 0.1) is 38.1 Å². The summed E-state index contributed by atoms with van der Waals surface area (Å²) in [6.07, 6.45) is 0.618. The molecule has 120 valence electrons. The summed E-state index contributed by atoms with van der Waals surface area (Å²) in [7, 11) is 0. The Morgan fingerprint density at radius 3 is 1.48 bits per heavy atom. The molecule has 0 aliphatic rings. The molecule has 7 heteroatoms. The number of hydrogen-bond donors (Lipinski definition) is 6. The number of rotatable bonds is 9. The van der Waals surface area contributed by atoms with Crippen molar-refractivity contribution in [1.82, 2.24) is 4.98 Å². The first-order valence-corrected chi connectivity index (χ1v) is 6.83. The molecular weight excluding hydrogens is 278 g/mol. The van der Waals surface area contributed by atoms with Crippen molar-refractivity contribution in [3.63, 3.8) is 0 Å². The van der Waals surface area contributed by atoms with Crippen molar-refractivity contribution in [2.75, 3.05) is 19.8 Å². The van der Waals surface area contributed by atoms with Gasteiger partial charge in [-0.1, -0.05) is 0 Å². The van der Waals surface area contributed by atoms with Crippen LogP contribution in [0.15, 0.2) is 12.4 Å². The van der Waals surface area contributed by atoms with Gasteiger partial charge in [-0.05, 0) is 16.7 Å². The third-order valence-corrected chi connectivity index (χ3v) is 3.22. The number of nitrogens with zero attached hydrogens (tertiary/aromatic N) is 1. The van der Waals surface area contributed by atoms with E-state index >= 15 is 0 Å². The topological polar surface area (TPSA) is 134 Å². The summed E-state index contributed by atoms with van der Waals surface area (Å²) in [5, 5.41) is 55.6. The molecule has 1 aromatic rings. The van der Waals surface area contributed by atoms with Gasteiger partial charge in [0.2, 0.25) is 0 Å². The minimum atomic E-state index is -0.970. The number of aliphatic hydroxyl groups is 6. The molecule has 0 aliphatic carbocycles. The standard InChI is InChI=1S/C14H23NO6/c16-6-11(19)1-9-4-15-5-10(2-12(20)7-17)14(9)3-13(21)8-18/h4-5,11-13,16-21H,1-3,6-8H2. The van der Waals surface area contributed by atoms with E-state index in [1.54, 1.807) is 0 Å². The highest BCUT2D eigenvalue weighted by Gasteiger charge is 2.17. The molecule has 0 spiro atoms. The van der Waals surface area contributed by atoms with E-state index in [2.05, 4.69) is 4.98 Å². The minimum Gasteiger partial charge on any atom is -0.394 e. The maximum absolute atomic E-state index is 9.65. The highest BCUT2D eigenvalue weighted by molar-refractivity contribution is 5.34. The van der Waals surface area contributed by atoms with Gasteiger partial charge in [-0.25, -0.2) is 0 Å². The largest absolute Gasteiger partial charge is 0.394 e. The Morgan fingerprint density at radius 2 is 1.10 bits per heavy atom. The molecule has 0 bridgehead atoms. The molecule has 7 nitrogen and oxygen atoms in total. The Balaban J connectivity index is 3.07. The van der Waals surface area contributed by atoms with Crippen LogP contribution < -0.4 is 0 Å².